The first-order chi connectivity index (χ1) is 2.91. The number of alkyl halides is 1. The van der Waals surface area contributed by atoms with Crippen LogP contribution in [0, 0.1) is 11.8 Å². The first-order valence-electron chi connectivity index (χ1n) is 1.57. The number of hydrogen-bond acceptors (Lipinski definition) is 0. The van der Waals surface area contributed by atoms with Crippen LogP contribution in [0.5, 0.6) is 0 Å². The zero-order valence-corrected chi connectivity index (χ0v) is 4.96. The van der Waals surface area contributed by atoms with Crippen molar-refractivity contribution in [3.05, 3.63) is 12.7 Å². The molecule has 0 rings (SSSR count). The first-order valence-corrected chi connectivity index (χ1v) is 2.69. The van der Waals surface area contributed by atoms with E-state index in [-0.39, 0.29) is 0 Å². The molecule has 0 aromatic carbocycles. The summed E-state index contributed by atoms with van der Waals surface area (Å²) in [4.78, 5) is 0. The summed E-state index contributed by atoms with van der Waals surface area (Å²) in [6.45, 7) is 3.40. The third kappa shape index (κ3) is 3.78. The third-order valence-corrected chi connectivity index (χ3v) is 0.551. The summed E-state index contributed by atoms with van der Waals surface area (Å²) in [6.07, 6.45) is 1.57. The average Bonchev–Trinajstić information content (AvgIpc) is 1.61. The molecule has 32 valence electrons. The molecule has 0 atom stereocenters. The molecule has 0 heterocycles. The van der Waals surface area contributed by atoms with Crippen LogP contribution < -0.4 is 0 Å². The van der Waals surface area contributed by atoms with Crippen LogP contribution >= 0.6 is 15.9 Å². The summed E-state index contributed by atoms with van der Waals surface area (Å²) in [5.74, 6) is 5.41. The Morgan fingerprint density at radius 1 is 1.83 bits per heavy atom. The van der Waals surface area contributed by atoms with E-state index in [1.165, 1.54) is 0 Å². The maximum atomic E-state index is 3.40. The fraction of sp³-hybridized carbons (Fsp3) is 0.200. The molecule has 0 aliphatic carbocycles. The lowest BCUT2D eigenvalue weighted by Crippen LogP contribution is -1.52. The number of hydrogen-bond donors (Lipinski definition) is 0. The first kappa shape index (κ1) is 5.78. The van der Waals surface area contributed by atoms with Gasteiger partial charge in [-0.1, -0.05) is 34.3 Å². The summed E-state index contributed by atoms with van der Waals surface area (Å²) in [7, 11) is 0. The van der Waals surface area contributed by atoms with Gasteiger partial charge in [0.1, 0.15) is 0 Å². The molecule has 0 radical (unpaired) electrons. The van der Waals surface area contributed by atoms with E-state index >= 15 is 0 Å². The highest BCUT2D eigenvalue weighted by Gasteiger charge is 1.53. The Balaban J connectivity index is 3.13. The number of halogens is 1. The molecule has 0 aromatic heterocycles. The van der Waals surface area contributed by atoms with E-state index in [1.807, 2.05) is 0 Å². The van der Waals surface area contributed by atoms with Crippen molar-refractivity contribution < 1.29 is 0 Å². The Hall–Kier alpha value is -0.220. The van der Waals surface area contributed by atoms with E-state index in [2.05, 4.69) is 34.3 Å². The predicted molar refractivity (Wildman–Crippen MR) is 31.8 cm³/mol. The van der Waals surface area contributed by atoms with Crippen LogP contribution in [0.3, 0.4) is 0 Å². The highest BCUT2D eigenvalue weighted by molar-refractivity contribution is 9.09. The molecule has 0 saturated heterocycles. The minimum absolute atomic E-state index is 0.735. The molecule has 0 amide bonds. The number of rotatable bonds is 0. The van der Waals surface area contributed by atoms with Crippen molar-refractivity contribution in [2.24, 2.45) is 0 Å². The SMILES string of the molecule is C=CC#CCBr. The van der Waals surface area contributed by atoms with Crippen LogP contribution in [-0.2, 0) is 0 Å². The van der Waals surface area contributed by atoms with Crippen LogP contribution in [0.2, 0.25) is 0 Å². The Morgan fingerprint density at radius 2 is 2.50 bits per heavy atom. The minimum atomic E-state index is 0.735. The Labute approximate surface area is 46.4 Å². The van der Waals surface area contributed by atoms with Gasteiger partial charge < -0.3 is 0 Å². The number of allylic oxidation sites excluding steroid dienone is 1. The summed E-state index contributed by atoms with van der Waals surface area (Å²) < 4.78 is 0. The van der Waals surface area contributed by atoms with Gasteiger partial charge in [-0.05, 0) is 6.08 Å². The zero-order valence-electron chi connectivity index (χ0n) is 3.37. The fourth-order valence-corrected chi connectivity index (χ4v) is 0.273. The molecule has 0 bridgehead atoms. The normalized spacial score (nSPS) is 5.50. The van der Waals surface area contributed by atoms with Gasteiger partial charge >= 0.3 is 0 Å². The lowest BCUT2D eigenvalue weighted by Gasteiger charge is -1.58. The summed E-state index contributed by atoms with van der Waals surface area (Å²) in [5, 5.41) is 0.735. The van der Waals surface area contributed by atoms with Gasteiger partial charge in [0.25, 0.3) is 0 Å². The van der Waals surface area contributed by atoms with Crippen molar-refractivity contribution in [3.63, 3.8) is 0 Å². The van der Waals surface area contributed by atoms with Gasteiger partial charge in [0.15, 0.2) is 0 Å². The van der Waals surface area contributed by atoms with E-state index in [0.29, 0.717) is 0 Å². The molecule has 0 nitrogen and oxygen atoms in total. The second-order valence-electron chi connectivity index (χ2n) is 0.659. The van der Waals surface area contributed by atoms with Gasteiger partial charge in [0.2, 0.25) is 0 Å². The van der Waals surface area contributed by atoms with Crippen LogP contribution in [0.25, 0.3) is 0 Å². The minimum Gasteiger partial charge on any atom is -0.0907 e. The molecule has 0 fully saturated rings. The van der Waals surface area contributed by atoms with Crippen molar-refractivity contribution in [2.75, 3.05) is 5.33 Å². The molecular formula is C5H5Br. The maximum Gasteiger partial charge on any atom is 0.0649 e. The Bertz CT molecular complexity index is 83.8. The van der Waals surface area contributed by atoms with Gasteiger partial charge in [0, 0.05) is 0 Å². The molecule has 1 heteroatoms. The smallest absolute Gasteiger partial charge is 0.0649 e. The van der Waals surface area contributed by atoms with E-state index in [9.17, 15) is 0 Å². The highest BCUT2D eigenvalue weighted by Crippen LogP contribution is 1.71. The van der Waals surface area contributed by atoms with Crippen molar-refractivity contribution in [1.29, 1.82) is 0 Å². The van der Waals surface area contributed by atoms with Gasteiger partial charge in [-0.15, -0.1) is 0 Å². The van der Waals surface area contributed by atoms with Crippen LogP contribution in [0.4, 0.5) is 0 Å². The summed E-state index contributed by atoms with van der Waals surface area (Å²) in [6, 6.07) is 0. The van der Waals surface area contributed by atoms with Gasteiger partial charge in [0.05, 0.1) is 5.33 Å². The molecule has 0 aliphatic rings. The third-order valence-electron chi connectivity index (χ3n) is 0.271. The molecule has 0 aliphatic heterocycles. The molecule has 0 saturated carbocycles. The Kier molecular flexibility index (Phi) is 4.60. The molecule has 0 unspecified atom stereocenters. The second-order valence-corrected chi connectivity index (χ2v) is 1.22. The van der Waals surface area contributed by atoms with E-state index < -0.39 is 0 Å². The molecular weight excluding hydrogens is 140 g/mol. The van der Waals surface area contributed by atoms with Gasteiger partial charge in [-0.25, -0.2) is 0 Å². The highest BCUT2D eigenvalue weighted by atomic mass is 79.9. The van der Waals surface area contributed by atoms with Crippen molar-refractivity contribution in [1.82, 2.24) is 0 Å². The topological polar surface area (TPSA) is 0 Å². The summed E-state index contributed by atoms with van der Waals surface area (Å²) in [5.41, 5.74) is 0. The van der Waals surface area contributed by atoms with E-state index in [1.54, 1.807) is 6.08 Å². The zero-order chi connectivity index (χ0) is 4.83. The van der Waals surface area contributed by atoms with Gasteiger partial charge in [-0.2, -0.15) is 0 Å². The largest absolute Gasteiger partial charge is 0.0907 e. The molecule has 0 spiro atoms. The van der Waals surface area contributed by atoms with E-state index in [4.69, 9.17) is 0 Å². The van der Waals surface area contributed by atoms with E-state index in [0.717, 1.165) is 5.33 Å². The lowest BCUT2D eigenvalue weighted by molar-refractivity contribution is 1.98. The maximum absolute atomic E-state index is 3.40. The Morgan fingerprint density at radius 3 is 2.67 bits per heavy atom. The van der Waals surface area contributed by atoms with Gasteiger partial charge in [-0.3, -0.25) is 0 Å². The standard InChI is InChI=1S/C5H5Br/c1-2-3-4-5-6/h2H,1,5H2. The summed E-state index contributed by atoms with van der Waals surface area (Å²) >= 11 is 3.13. The predicted octanol–water partition coefficient (Wildman–Crippen LogP) is 1.57. The van der Waals surface area contributed by atoms with Crippen LogP contribution in [-0.4, -0.2) is 5.33 Å². The average molecular weight is 145 g/mol. The van der Waals surface area contributed by atoms with Crippen LogP contribution in [0.1, 0.15) is 0 Å². The van der Waals surface area contributed by atoms with Crippen LogP contribution in [0.15, 0.2) is 12.7 Å². The molecule has 0 N–H and O–H groups in total. The molecule has 6 heavy (non-hydrogen) atoms. The second kappa shape index (κ2) is 4.78. The quantitative estimate of drug-likeness (QED) is 0.358. The monoisotopic (exact) mass is 144 g/mol. The van der Waals surface area contributed by atoms with Crippen molar-refractivity contribution >= 4 is 15.9 Å². The molecule has 0 aromatic rings. The fourth-order valence-electron chi connectivity index (χ4n) is 0.111. The van der Waals surface area contributed by atoms with Crippen molar-refractivity contribution in [3.8, 4) is 11.8 Å². The lowest BCUT2D eigenvalue weighted by atomic mass is 10.6. The van der Waals surface area contributed by atoms with Crippen molar-refractivity contribution in [2.45, 2.75) is 0 Å².